The van der Waals surface area contributed by atoms with Crippen molar-refractivity contribution in [1.29, 1.82) is 0 Å². The molecule has 3 N–H and O–H groups in total. The van der Waals surface area contributed by atoms with Gasteiger partial charge in [-0.05, 0) is 24.3 Å². The number of hydrogen-bond donors (Lipinski definition) is 2. The van der Waals surface area contributed by atoms with Crippen molar-refractivity contribution in [2.24, 2.45) is 5.73 Å². The Morgan fingerprint density at radius 1 is 1.42 bits per heavy atom. The Kier molecular flexibility index (Phi) is 3.82. The van der Waals surface area contributed by atoms with Gasteiger partial charge in [0.05, 0.1) is 12.2 Å². The average molecular weight is 260 g/mol. The lowest BCUT2D eigenvalue weighted by atomic mass is 10.3. The van der Waals surface area contributed by atoms with E-state index in [1.165, 1.54) is 0 Å². The molecule has 0 spiro atoms. The number of hydrogen-bond acceptors (Lipinski definition) is 5. The molecule has 100 valence electrons. The van der Waals surface area contributed by atoms with Gasteiger partial charge in [0.1, 0.15) is 5.76 Å². The van der Waals surface area contributed by atoms with Gasteiger partial charge in [0, 0.05) is 20.3 Å². The summed E-state index contributed by atoms with van der Waals surface area (Å²) in [6.07, 6.45) is 1.67. The minimum atomic E-state index is -0.323. The van der Waals surface area contributed by atoms with Crippen molar-refractivity contribution in [3.63, 3.8) is 0 Å². The van der Waals surface area contributed by atoms with Gasteiger partial charge < -0.3 is 20.4 Å². The van der Waals surface area contributed by atoms with E-state index in [1.807, 2.05) is 19.0 Å². The van der Waals surface area contributed by atoms with Crippen LogP contribution in [-0.2, 0) is 6.54 Å². The highest BCUT2D eigenvalue weighted by molar-refractivity contribution is 6.03. The normalized spacial score (nSPS) is 10.3. The second-order valence-corrected chi connectivity index (χ2v) is 4.19. The van der Waals surface area contributed by atoms with Gasteiger partial charge >= 0.3 is 0 Å². The Labute approximate surface area is 111 Å². The van der Waals surface area contributed by atoms with Crippen LogP contribution in [0.1, 0.15) is 16.3 Å². The van der Waals surface area contributed by atoms with E-state index in [9.17, 15) is 4.79 Å². The van der Waals surface area contributed by atoms with Crippen LogP contribution in [0.4, 0.5) is 11.5 Å². The van der Waals surface area contributed by atoms with E-state index in [2.05, 4.69) is 10.3 Å². The standard InChI is InChI=1S/C13H16N4O2/c1-17(2)12-10(4-3-7-15-12)16-13(18)11-6-5-9(8-14)19-11/h3-7H,8,14H2,1-2H3,(H,16,18). The first-order valence-corrected chi connectivity index (χ1v) is 5.84. The van der Waals surface area contributed by atoms with Crippen LogP contribution < -0.4 is 16.0 Å². The smallest absolute Gasteiger partial charge is 0.291 e. The van der Waals surface area contributed by atoms with Crippen molar-refractivity contribution in [3.05, 3.63) is 42.0 Å². The molecule has 0 bridgehead atoms. The van der Waals surface area contributed by atoms with Crippen molar-refractivity contribution in [3.8, 4) is 0 Å². The molecule has 0 saturated heterocycles. The predicted molar refractivity (Wildman–Crippen MR) is 73.1 cm³/mol. The maximum atomic E-state index is 12.0. The van der Waals surface area contributed by atoms with Gasteiger partial charge in [-0.1, -0.05) is 0 Å². The third-order valence-electron chi connectivity index (χ3n) is 2.55. The molecule has 0 radical (unpaired) electrons. The fraction of sp³-hybridized carbons (Fsp3) is 0.231. The molecule has 2 aromatic rings. The minimum Gasteiger partial charge on any atom is -0.455 e. The van der Waals surface area contributed by atoms with E-state index >= 15 is 0 Å². The molecule has 1 amide bonds. The summed E-state index contributed by atoms with van der Waals surface area (Å²) < 4.78 is 5.30. The van der Waals surface area contributed by atoms with Gasteiger partial charge in [0.2, 0.25) is 0 Å². The molecule has 2 aromatic heterocycles. The fourth-order valence-corrected chi connectivity index (χ4v) is 1.64. The molecule has 6 nitrogen and oxygen atoms in total. The molecule has 0 unspecified atom stereocenters. The Hall–Kier alpha value is -2.34. The molecule has 0 aromatic carbocycles. The van der Waals surface area contributed by atoms with Crippen LogP contribution in [0.15, 0.2) is 34.9 Å². The molecule has 6 heteroatoms. The van der Waals surface area contributed by atoms with Crippen molar-refractivity contribution < 1.29 is 9.21 Å². The summed E-state index contributed by atoms with van der Waals surface area (Å²) in [6.45, 7) is 0.267. The van der Waals surface area contributed by atoms with Crippen molar-refractivity contribution in [1.82, 2.24) is 4.98 Å². The van der Waals surface area contributed by atoms with E-state index in [-0.39, 0.29) is 18.2 Å². The molecule has 19 heavy (non-hydrogen) atoms. The van der Waals surface area contributed by atoms with Gasteiger partial charge in [-0.15, -0.1) is 0 Å². The number of nitrogens with one attached hydrogen (secondary N) is 1. The van der Waals surface area contributed by atoms with E-state index in [4.69, 9.17) is 10.2 Å². The summed E-state index contributed by atoms with van der Waals surface area (Å²) in [5.41, 5.74) is 6.07. The Morgan fingerprint density at radius 2 is 2.21 bits per heavy atom. The molecule has 0 aliphatic heterocycles. The van der Waals surface area contributed by atoms with Crippen LogP contribution in [0.2, 0.25) is 0 Å². The third-order valence-corrected chi connectivity index (χ3v) is 2.55. The van der Waals surface area contributed by atoms with Crippen molar-refractivity contribution >= 4 is 17.4 Å². The number of nitrogens with zero attached hydrogens (tertiary/aromatic N) is 2. The first-order chi connectivity index (χ1) is 9.11. The zero-order chi connectivity index (χ0) is 13.8. The maximum Gasteiger partial charge on any atom is 0.291 e. The van der Waals surface area contributed by atoms with Crippen LogP contribution in [0.3, 0.4) is 0 Å². The van der Waals surface area contributed by atoms with Gasteiger partial charge in [-0.25, -0.2) is 4.98 Å². The van der Waals surface area contributed by atoms with Crippen LogP contribution in [-0.4, -0.2) is 25.0 Å². The van der Waals surface area contributed by atoms with Crippen molar-refractivity contribution in [2.45, 2.75) is 6.54 Å². The zero-order valence-electron chi connectivity index (χ0n) is 10.9. The predicted octanol–water partition coefficient (Wildman–Crippen LogP) is 1.45. The zero-order valence-corrected chi connectivity index (χ0v) is 10.9. The Bertz CT molecular complexity index is 578. The minimum absolute atomic E-state index is 0.231. The molecule has 0 atom stereocenters. The molecule has 0 saturated carbocycles. The molecular weight excluding hydrogens is 244 g/mol. The number of carbonyl (C=O) groups excluding carboxylic acids is 1. The van der Waals surface area contributed by atoms with E-state index in [1.54, 1.807) is 30.5 Å². The lowest BCUT2D eigenvalue weighted by Gasteiger charge is -2.15. The summed E-state index contributed by atoms with van der Waals surface area (Å²) in [4.78, 5) is 18.1. The molecule has 2 heterocycles. The Balaban J connectivity index is 2.19. The van der Waals surface area contributed by atoms with Crippen molar-refractivity contribution in [2.75, 3.05) is 24.3 Å². The summed E-state index contributed by atoms with van der Waals surface area (Å²) in [7, 11) is 3.72. The number of rotatable bonds is 4. The average Bonchev–Trinajstić information content (AvgIpc) is 2.88. The number of aromatic nitrogens is 1. The summed E-state index contributed by atoms with van der Waals surface area (Å²) in [5.74, 6) is 1.16. The summed E-state index contributed by atoms with van der Waals surface area (Å²) in [6, 6.07) is 6.83. The maximum absolute atomic E-state index is 12.0. The SMILES string of the molecule is CN(C)c1ncccc1NC(=O)c1ccc(CN)o1. The van der Waals surface area contributed by atoms with E-state index < -0.39 is 0 Å². The van der Waals surface area contributed by atoms with Crippen LogP contribution >= 0.6 is 0 Å². The monoisotopic (exact) mass is 260 g/mol. The number of amides is 1. The van der Waals surface area contributed by atoms with E-state index in [0.29, 0.717) is 17.3 Å². The topological polar surface area (TPSA) is 84.4 Å². The quantitative estimate of drug-likeness (QED) is 0.869. The first-order valence-electron chi connectivity index (χ1n) is 5.84. The Morgan fingerprint density at radius 3 is 2.84 bits per heavy atom. The number of nitrogens with two attached hydrogens (primary N) is 1. The second-order valence-electron chi connectivity index (χ2n) is 4.19. The highest BCUT2D eigenvalue weighted by atomic mass is 16.4. The molecule has 0 aliphatic rings. The van der Waals surface area contributed by atoms with Gasteiger partial charge in [0.15, 0.2) is 11.6 Å². The lowest BCUT2D eigenvalue weighted by molar-refractivity contribution is 0.0995. The van der Waals surface area contributed by atoms with E-state index in [0.717, 1.165) is 0 Å². The van der Waals surface area contributed by atoms with Crippen LogP contribution in [0, 0.1) is 0 Å². The summed E-state index contributed by atoms with van der Waals surface area (Å²) >= 11 is 0. The van der Waals surface area contributed by atoms with Crippen LogP contribution in [0.25, 0.3) is 0 Å². The largest absolute Gasteiger partial charge is 0.455 e. The highest BCUT2D eigenvalue weighted by Gasteiger charge is 2.14. The molecule has 2 rings (SSSR count). The second kappa shape index (κ2) is 5.53. The number of furan rings is 1. The lowest BCUT2D eigenvalue weighted by Crippen LogP contribution is -2.17. The number of anilines is 2. The first kappa shape index (κ1) is 13.1. The molecular formula is C13H16N4O2. The number of carbonyl (C=O) groups is 1. The summed E-state index contributed by atoms with van der Waals surface area (Å²) in [5, 5.41) is 2.77. The van der Waals surface area contributed by atoms with Gasteiger partial charge in [-0.2, -0.15) is 0 Å². The fourth-order valence-electron chi connectivity index (χ4n) is 1.64. The molecule has 0 fully saturated rings. The van der Waals surface area contributed by atoms with Gasteiger partial charge in [0.25, 0.3) is 5.91 Å². The number of pyridine rings is 1. The molecule has 0 aliphatic carbocycles. The van der Waals surface area contributed by atoms with Gasteiger partial charge in [-0.3, -0.25) is 4.79 Å². The highest BCUT2D eigenvalue weighted by Crippen LogP contribution is 2.21. The third kappa shape index (κ3) is 2.92. The van der Waals surface area contributed by atoms with Crippen LogP contribution in [0.5, 0.6) is 0 Å².